The molecule has 0 nitrogen and oxygen atoms in total. The van der Waals surface area contributed by atoms with Gasteiger partial charge in [0.05, 0.1) is 0 Å². The van der Waals surface area contributed by atoms with E-state index in [1.165, 1.54) is 10.9 Å². The normalized spacial score (nSPS) is 15.1. The Kier molecular flexibility index (Phi) is 3.29. The molecule has 0 radical (unpaired) electrons. The van der Waals surface area contributed by atoms with Crippen molar-refractivity contribution in [2.45, 2.75) is 57.3 Å². The van der Waals surface area contributed by atoms with E-state index in [4.69, 9.17) is 0 Å². The van der Waals surface area contributed by atoms with Crippen molar-refractivity contribution in [3.05, 3.63) is 35.4 Å². The van der Waals surface area contributed by atoms with Crippen LogP contribution in [0, 0.1) is 0 Å². The monoisotopic (exact) mass is 350 g/mol. The average molecular weight is 349 g/mol. The van der Waals surface area contributed by atoms with Crippen molar-refractivity contribution < 1.29 is 0 Å². The summed E-state index contributed by atoms with van der Waals surface area (Å²) >= 11 is 0.520. The number of hydrogen-bond donors (Lipinski definition) is 0. The molecule has 2 aromatic carbocycles. The van der Waals surface area contributed by atoms with Gasteiger partial charge in [0.1, 0.15) is 0 Å². The van der Waals surface area contributed by atoms with Gasteiger partial charge in [-0.1, -0.05) is 0 Å². The van der Waals surface area contributed by atoms with Crippen LogP contribution < -0.4 is 4.46 Å². The molecular weight excluding hydrogens is 327 g/mol. The van der Waals surface area contributed by atoms with E-state index >= 15 is 0 Å². The van der Waals surface area contributed by atoms with Crippen LogP contribution in [0.3, 0.4) is 0 Å². The van der Waals surface area contributed by atoms with E-state index in [-0.39, 0.29) is 10.8 Å². The second-order valence-electron chi connectivity index (χ2n) is 7.65. The molecule has 0 unspecified atom stereocenters. The summed E-state index contributed by atoms with van der Waals surface area (Å²) in [7, 11) is 2.09. The number of benzene rings is 2. The van der Waals surface area contributed by atoms with Crippen LogP contribution in [0.5, 0.6) is 0 Å². The van der Waals surface area contributed by atoms with E-state index in [1.54, 1.807) is 20.3 Å². The molecular formula is C18H22SSe. The van der Waals surface area contributed by atoms with E-state index in [0.717, 1.165) is 0 Å². The minimum absolute atomic E-state index is 0.228. The molecule has 2 heteroatoms. The Balaban J connectivity index is 2.37. The van der Waals surface area contributed by atoms with Crippen LogP contribution in [0.25, 0.3) is 10.8 Å². The summed E-state index contributed by atoms with van der Waals surface area (Å²) in [4.78, 5) is 1.55. The van der Waals surface area contributed by atoms with Crippen molar-refractivity contribution in [3.8, 4) is 0 Å². The van der Waals surface area contributed by atoms with Gasteiger partial charge in [0, 0.05) is 0 Å². The topological polar surface area (TPSA) is 0 Å². The second-order valence-corrected chi connectivity index (χ2v) is 11.3. The fourth-order valence-corrected chi connectivity index (χ4v) is 8.52. The van der Waals surface area contributed by atoms with Gasteiger partial charge in [0.15, 0.2) is 0 Å². The van der Waals surface area contributed by atoms with Gasteiger partial charge in [-0.3, -0.25) is 0 Å². The molecule has 0 amide bonds. The van der Waals surface area contributed by atoms with Crippen molar-refractivity contribution in [2.75, 3.05) is 0 Å². The molecule has 0 saturated heterocycles. The number of rotatable bonds is 0. The Hall–Kier alpha value is -0.431. The van der Waals surface area contributed by atoms with Crippen LogP contribution in [0.4, 0.5) is 0 Å². The van der Waals surface area contributed by atoms with Crippen molar-refractivity contribution >= 4 is 39.3 Å². The maximum absolute atomic E-state index is 2.35. The Morgan fingerprint density at radius 3 is 1.90 bits per heavy atom. The molecule has 1 aliphatic rings. The molecule has 2 aromatic rings. The van der Waals surface area contributed by atoms with Crippen LogP contribution in [-0.2, 0) is 10.8 Å². The first-order valence-electron chi connectivity index (χ1n) is 7.15. The molecule has 0 aliphatic carbocycles. The zero-order valence-electron chi connectivity index (χ0n) is 13.1. The molecule has 0 bridgehead atoms. The molecule has 1 heterocycles. The van der Waals surface area contributed by atoms with E-state index in [9.17, 15) is 0 Å². The third kappa shape index (κ3) is 2.22. The first kappa shape index (κ1) is 14.5. The molecule has 0 spiro atoms. The summed E-state index contributed by atoms with van der Waals surface area (Å²) in [6.45, 7) is 14.0. The fourth-order valence-electron chi connectivity index (χ4n) is 2.79. The van der Waals surface area contributed by atoms with Gasteiger partial charge >= 0.3 is 132 Å². The van der Waals surface area contributed by atoms with E-state index in [1.807, 2.05) is 0 Å². The maximum atomic E-state index is 2.35. The Bertz CT molecular complexity index is 630. The molecule has 0 aromatic heterocycles. The van der Waals surface area contributed by atoms with Crippen LogP contribution in [0.2, 0.25) is 0 Å². The van der Waals surface area contributed by atoms with E-state index in [2.05, 4.69) is 76.0 Å². The predicted molar refractivity (Wildman–Crippen MR) is 92.6 cm³/mol. The van der Waals surface area contributed by atoms with Crippen molar-refractivity contribution in [1.82, 2.24) is 0 Å². The minimum atomic E-state index is 0.228. The Morgan fingerprint density at radius 1 is 0.800 bits per heavy atom. The Morgan fingerprint density at radius 2 is 1.35 bits per heavy atom. The first-order chi connectivity index (χ1) is 9.19. The van der Waals surface area contributed by atoms with Gasteiger partial charge < -0.3 is 0 Å². The molecule has 0 fully saturated rings. The third-order valence-electron chi connectivity index (χ3n) is 3.92. The zero-order chi connectivity index (χ0) is 14.7. The van der Waals surface area contributed by atoms with Gasteiger partial charge in [-0.15, -0.1) is 0 Å². The SMILES string of the molecule is CC(C)(C)c1ccc2ccc(C(C)(C)C)c3c2c1S[Se]3. The number of hydrogen-bond acceptors (Lipinski definition) is 1. The van der Waals surface area contributed by atoms with Gasteiger partial charge in [-0.05, 0) is 0 Å². The molecule has 0 saturated carbocycles. The summed E-state index contributed by atoms with van der Waals surface area (Å²) in [5, 5.41) is 2.97. The van der Waals surface area contributed by atoms with Crippen molar-refractivity contribution in [3.63, 3.8) is 0 Å². The molecule has 3 rings (SSSR count). The summed E-state index contributed by atoms with van der Waals surface area (Å²) in [5.41, 5.74) is 3.53. The van der Waals surface area contributed by atoms with Gasteiger partial charge in [0.2, 0.25) is 0 Å². The summed E-state index contributed by atoms with van der Waals surface area (Å²) in [5.74, 6) is 0. The van der Waals surface area contributed by atoms with Crippen LogP contribution in [0.15, 0.2) is 29.2 Å². The van der Waals surface area contributed by atoms with Crippen LogP contribution in [-0.4, -0.2) is 13.8 Å². The molecule has 1 aliphatic heterocycles. The standard InChI is InChI=1S/C18H22SSe/c1-17(2,3)12-9-7-11-8-10-13(18(4,5)6)16-14(11)15(12)19-20-16/h7-10H,1-6H3. The van der Waals surface area contributed by atoms with Crippen molar-refractivity contribution in [2.24, 2.45) is 0 Å². The summed E-state index contributed by atoms with van der Waals surface area (Å²) in [6.07, 6.45) is 0. The molecule has 0 N–H and O–H groups in total. The molecule has 20 heavy (non-hydrogen) atoms. The summed E-state index contributed by atoms with van der Waals surface area (Å²) < 4.78 is 1.63. The predicted octanol–water partition coefficient (Wildman–Crippen LogP) is 4.79. The van der Waals surface area contributed by atoms with Gasteiger partial charge in [-0.25, -0.2) is 0 Å². The van der Waals surface area contributed by atoms with E-state index in [0.29, 0.717) is 13.8 Å². The molecule has 106 valence electrons. The van der Waals surface area contributed by atoms with Gasteiger partial charge in [0.25, 0.3) is 0 Å². The second kappa shape index (κ2) is 4.53. The quantitative estimate of drug-likeness (QED) is 0.617. The van der Waals surface area contributed by atoms with Crippen molar-refractivity contribution in [1.29, 1.82) is 0 Å². The van der Waals surface area contributed by atoms with E-state index < -0.39 is 0 Å². The average Bonchev–Trinajstić information content (AvgIpc) is 2.73. The first-order valence-corrected chi connectivity index (χ1v) is 10.8. The zero-order valence-corrected chi connectivity index (χ0v) is 15.7. The van der Waals surface area contributed by atoms with Crippen LogP contribution in [0.1, 0.15) is 52.7 Å². The fraction of sp³-hybridized carbons (Fsp3) is 0.444. The third-order valence-corrected chi connectivity index (χ3v) is 8.27. The van der Waals surface area contributed by atoms with Crippen LogP contribution >= 0.6 is 10.2 Å². The van der Waals surface area contributed by atoms with Gasteiger partial charge in [-0.2, -0.15) is 0 Å². The summed E-state index contributed by atoms with van der Waals surface area (Å²) in [6, 6.07) is 9.33. The molecule has 0 atom stereocenters. The Labute approximate surface area is 131 Å².